The second-order valence-corrected chi connectivity index (χ2v) is 8.02. The van der Waals surface area contributed by atoms with Gasteiger partial charge in [0.25, 0.3) is 0 Å². The predicted octanol–water partition coefficient (Wildman–Crippen LogP) is 2.56. The number of aromatic nitrogens is 1. The van der Waals surface area contributed by atoms with E-state index in [9.17, 15) is 23.5 Å². The highest BCUT2D eigenvalue weighted by Crippen LogP contribution is 2.44. The third-order valence-electron chi connectivity index (χ3n) is 5.93. The van der Waals surface area contributed by atoms with Gasteiger partial charge in [-0.2, -0.15) is 8.78 Å². The van der Waals surface area contributed by atoms with Crippen LogP contribution in [0, 0.1) is 11.7 Å². The van der Waals surface area contributed by atoms with E-state index in [0.29, 0.717) is 25.0 Å². The number of nitrogens with zero attached hydrogens (tertiary/aromatic N) is 3. The van der Waals surface area contributed by atoms with E-state index in [1.165, 1.54) is 16.6 Å². The zero-order valence-electron chi connectivity index (χ0n) is 17.8. The number of fused-ring (bicyclic) bond motifs is 1. The maximum Gasteiger partial charge on any atom is 0.387 e. The summed E-state index contributed by atoms with van der Waals surface area (Å²) in [5, 5.41) is 13.0. The Morgan fingerprint density at radius 1 is 1.39 bits per heavy atom. The minimum atomic E-state index is -3.30. The molecule has 1 saturated carbocycles. The molecular weight excluding hydrogens is 445 g/mol. The van der Waals surface area contributed by atoms with Crippen molar-refractivity contribution in [1.29, 1.82) is 0 Å². The van der Waals surface area contributed by atoms with Gasteiger partial charge in [-0.05, 0) is 18.9 Å². The summed E-state index contributed by atoms with van der Waals surface area (Å²) in [5.41, 5.74) is 4.71. The lowest BCUT2D eigenvalue weighted by atomic mass is 9.95. The first kappa shape index (κ1) is 22.9. The van der Waals surface area contributed by atoms with Crippen molar-refractivity contribution in [2.75, 3.05) is 31.6 Å². The van der Waals surface area contributed by atoms with E-state index in [1.807, 2.05) is 0 Å². The van der Waals surface area contributed by atoms with E-state index < -0.39 is 35.1 Å². The molecule has 1 aromatic heterocycles. The van der Waals surface area contributed by atoms with Gasteiger partial charge < -0.3 is 29.9 Å². The molecule has 3 N–H and O–H groups in total. The van der Waals surface area contributed by atoms with Gasteiger partial charge in [0.2, 0.25) is 5.43 Å². The van der Waals surface area contributed by atoms with E-state index in [0.717, 1.165) is 12.3 Å². The van der Waals surface area contributed by atoms with E-state index in [4.69, 9.17) is 15.3 Å². The molecule has 2 aromatic rings. The van der Waals surface area contributed by atoms with Crippen LogP contribution in [0.15, 0.2) is 22.2 Å². The lowest BCUT2D eigenvalue weighted by molar-refractivity contribution is -0.0488. The Hall–Kier alpha value is -3.28. The van der Waals surface area contributed by atoms with Gasteiger partial charge in [-0.1, -0.05) is 5.16 Å². The molecule has 1 aromatic carbocycles. The van der Waals surface area contributed by atoms with Crippen LogP contribution in [0.3, 0.4) is 0 Å². The van der Waals surface area contributed by atoms with Crippen molar-refractivity contribution in [2.45, 2.75) is 31.9 Å². The summed E-state index contributed by atoms with van der Waals surface area (Å²) in [6.07, 6.45) is 2.79. The lowest BCUT2D eigenvalue weighted by Crippen LogP contribution is -2.44. The van der Waals surface area contributed by atoms with Crippen molar-refractivity contribution >= 4 is 28.3 Å². The number of benzene rings is 1. The minimum Gasteiger partial charge on any atom is -0.477 e. The number of pyridine rings is 1. The molecule has 1 aliphatic heterocycles. The molecule has 1 unspecified atom stereocenters. The quantitative estimate of drug-likeness (QED) is 0.600. The molecular formula is C21H23F3N4O5. The summed E-state index contributed by atoms with van der Waals surface area (Å²) in [6.45, 7) is -2.73. The number of carbonyl (C=O) groups is 1. The van der Waals surface area contributed by atoms with Crippen LogP contribution in [0.2, 0.25) is 0 Å². The van der Waals surface area contributed by atoms with Crippen LogP contribution in [-0.2, 0) is 4.84 Å². The molecule has 178 valence electrons. The number of ether oxygens (including phenoxy) is 1. The molecule has 0 bridgehead atoms. The number of carboxylic acids is 1. The number of oxime groups is 1. The largest absolute Gasteiger partial charge is 0.477 e. The highest BCUT2D eigenvalue weighted by molar-refractivity contribution is 5.97. The SMILES string of the molecule is CO/N=C1\CCN(c2c(F)cc3c(=O)c(C(=O)O)cn(C4CC4)c3c2OC(F)F)CC1CN. The van der Waals surface area contributed by atoms with Gasteiger partial charge in [-0.25, -0.2) is 9.18 Å². The van der Waals surface area contributed by atoms with Crippen LogP contribution in [0.4, 0.5) is 18.9 Å². The Kier molecular flexibility index (Phi) is 6.19. The Bertz CT molecular complexity index is 1180. The molecule has 1 atom stereocenters. The molecule has 9 nitrogen and oxygen atoms in total. The fourth-order valence-corrected chi connectivity index (χ4v) is 4.30. The van der Waals surface area contributed by atoms with E-state index in [-0.39, 0.29) is 48.2 Å². The first-order valence-electron chi connectivity index (χ1n) is 10.4. The van der Waals surface area contributed by atoms with Crippen LogP contribution in [-0.4, -0.2) is 54.7 Å². The monoisotopic (exact) mass is 468 g/mol. The Morgan fingerprint density at radius 3 is 2.70 bits per heavy atom. The fourth-order valence-electron chi connectivity index (χ4n) is 4.30. The number of piperidine rings is 1. The molecule has 1 aliphatic carbocycles. The maximum absolute atomic E-state index is 15.4. The summed E-state index contributed by atoms with van der Waals surface area (Å²) in [5.74, 6) is -3.26. The number of carboxylic acid groups (broad SMARTS) is 1. The number of hydrogen-bond donors (Lipinski definition) is 2. The van der Waals surface area contributed by atoms with Crippen LogP contribution < -0.4 is 20.8 Å². The molecule has 12 heteroatoms. The van der Waals surface area contributed by atoms with Gasteiger partial charge in [0, 0.05) is 44.2 Å². The van der Waals surface area contributed by atoms with Crippen molar-refractivity contribution in [3.63, 3.8) is 0 Å². The molecule has 0 spiro atoms. The number of anilines is 1. The minimum absolute atomic E-state index is 0.0511. The second-order valence-electron chi connectivity index (χ2n) is 8.02. The summed E-state index contributed by atoms with van der Waals surface area (Å²) in [7, 11) is 1.40. The number of rotatable bonds is 7. The zero-order valence-corrected chi connectivity index (χ0v) is 17.8. The summed E-state index contributed by atoms with van der Waals surface area (Å²) in [6, 6.07) is 0.690. The van der Waals surface area contributed by atoms with Crippen molar-refractivity contribution in [1.82, 2.24) is 4.57 Å². The van der Waals surface area contributed by atoms with Gasteiger partial charge in [0.15, 0.2) is 11.6 Å². The summed E-state index contributed by atoms with van der Waals surface area (Å²) in [4.78, 5) is 30.7. The van der Waals surface area contributed by atoms with Crippen molar-refractivity contribution < 1.29 is 32.6 Å². The van der Waals surface area contributed by atoms with Gasteiger partial charge in [-0.3, -0.25) is 4.79 Å². The average Bonchev–Trinajstić information content (AvgIpc) is 3.60. The summed E-state index contributed by atoms with van der Waals surface area (Å²) < 4.78 is 48.6. The number of halogens is 3. The number of alkyl halides is 2. The summed E-state index contributed by atoms with van der Waals surface area (Å²) >= 11 is 0. The fraction of sp³-hybridized carbons (Fsp3) is 0.476. The Morgan fingerprint density at radius 2 is 2.12 bits per heavy atom. The van der Waals surface area contributed by atoms with Gasteiger partial charge in [0.1, 0.15) is 18.4 Å². The first-order chi connectivity index (χ1) is 15.8. The van der Waals surface area contributed by atoms with E-state index in [2.05, 4.69) is 5.16 Å². The number of nitrogens with two attached hydrogens (primary N) is 1. The topological polar surface area (TPSA) is 119 Å². The molecule has 1 saturated heterocycles. The van der Waals surface area contributed by atoms with Gasteiger partial charge >= 0.3 is 12.6 Å². The van der Waals surface area contributed by atoms with Crippen LogP contribution in [0.25, 0.3) is 10.9 Å². The van der Waals surface area contributed by atoms with Crippen LogP contribution in [0.1, 0.15) is 35.7 Å². The first-order valence-corrected chi connectivity index (χ1v) is 10.4. The Labute approximate surface area is 186 Å². The van der Waals surface area contributed by atoms with E-state index >= 15 is 4.39 Å². The van der Waals surface area contributed by atoms with Crippen molar-refractivity contribution in [3.05, 3.63) is 33.9 Å². The van der Waals surface area contributed by atoms with Crippen molar-refractivity contribution in [2.24, 2.45) is 16.8 Å². The highest BCUT2D eigenvalue weighted by Gasteiger charge is 2.34. The molecule has 2 fully saturated rings. The smallest absolute Gasteiger partial charge is 0.387 e. The second kappa shape index (κ2) is 8.93. The van der Waals surface area contributed by atoms with Crippen LogP contribution >= 0.6 is 0 Å². The molecule has 4 rings (SSSR count). The molecule has 2 heterocycles. The lowest BCUT2D eigenvalue weighted by Gasteiger charge is -2.36. The highest BCUT2D eigenvalue weighted by atomic mass is 19.3. The average molecular weight is 468 g/mol. The van der Waals surface area contributed by atoms with Crippen LogP contribution in [0.5, 0.6) is 5.75 Å². The number of aromatic carboxylic acids is 1. The van der Waals surface area contributed by atoms with Gasteiger partial charge in [-0.15, -0.1) is 0 Å². The maximum atomic E-state index is 15.4. The standard InChI is InChI=1S/C21H23F3N4O5/c1-32-26-15-4-5-27(8-10(15)7-25)17-14(22)6-12-16(19(17)33-21(23)24)28(11-2-3-11)9-13(18(12)29)20(30)31/h6,9-11,21H,2-5,7-8,25H2,1H3,(H,30,31)/b26-15+. The predicted molar refractivity (Wildman–Crippen MR) is 114 cm³/mol. The molecule has 33 heavy (non-hydrogen) atoms. The Balaban J connectivity index is 1.96. The third-order valence-corrected chi connectivity index (χ3v) is 5.93. The van der Waals surface area contributed by atoms with E-state index in [1.54, 1.807) is 0 Å². The van der Waals surface area contributed by atoms with Gasteiger partial charge in [0.05, 0.1) is 16.6 Å². The number of hydrogen-bond acceptors (Lipinski definition) is 7. The zero-order chi connectivity index (χ0) is 23.9. The normalized spacial score (nSPS) is 20.0. The molecule has 0 amide bonds. The van der Waals surface area contributed by atoms with Crippen molar-refractivity contribution in [3.8, 4) is 5.75 Å². The molecule has 0 radical (unpaired) electrons. The third kappa shape index (κ3) is 4.22. The molecule has 2 aliphatic rings.